The Balaban J connectivity index is 1.29. The van der Waals surface area contributed by atoms with Crippen LogP contribution in [0.2, 0.25) is 0 Å². The Labute approximate surface area is 198 Å². The van der Waals surface area contributed by atoms with Crippen LogP contribution in [0.25, 0.3) is 17.0 Å². The van der Waals surface area contributed by atoms with E-state index in [0.717, 1.165) is 18.8 Å². The van der Waals surface area contributed by atoms with Gasteiger partial charge in [0.2, 0.25) is 11.7 Å². The van der Waals surface area contributed by atoms with E-state index in [1.165, 1.54) is 12.3 Å². The van der Waals surface area contributed by atoms with Gasteiger partial charge in [0.15, 0.2) is 0 Å². The van der Waals surface area contributed by atoms with Crippen LogP contribution in [0.3, 0.4) is 0 Å². The number of pyridine rings is 1. The Morgan fingerprint density at radius 2 is 2.03 bits per heavy atom. The lowest BCUT2D eigenvalue weighted by Gasteiger charge is -2.28. The van der Waals surface area contributed by atoms with Gasteiger partial charge < -0.3 is 19.5 Å². The van der Waals surface area contributed by atoms with Crippen molar-refractivity contribution in [2.45, 2.75) is 25.4 Å². The summed E-state index contributed by atoms with van der Waals surface area (Å²) in [5.74, 6) is -1.04. The number of nitrogens with one attached hydrogen (secondary N) is 1. The van der Waals surface area contributed by atoms with E-state index in [9.17, 15) is 13.6 Å². The first-order valence-corrected chi connectivity index (χ1v) is 11.4. The second-order valence-corrected chi connectivity index (χ2v) is 8.76. The lowest BCUT2D eigenvalue weighted by atomic mass is 10.1. The molecule has 2 aliphatic rings. The van der Waals surface area contributed by atoms with Gasteiger partial charge in [-0.3, -0.25) is 9.20 Å². The van der Waals surface area contributed by atoms with Crippen LogP contribution in [0.4, 0.5) is 20.2 Å². The fraction of sp³-hybridized carbons (Fsp3) is 0.333. The van der Waals surface area contributed by atoms with E-state index in [-0.39, 0.29) is 23.0 Å². The maximum absolute atomic E-state index is 14.7. The van der Waals surface area contributed by atoms with Gasteiger partial charge in [-0.05, 0) is 37.6 Å². The van der Waals surface area contributed by atoms with Crippen molar-refractivity contribution >= 4 is 22.9 Å². The minimum Gasteiger partial charge on any atom is -0.378 e. The van der Waals surface area contributed by atoms with E-state index < -0.39 is 23.8 Å². The van der Waals surface area contributed by atoms with Crippen molar-refractivity contribution in [2.75, 3.05) is 36.5 Å². The molecule has 4 heterocycles. The second kappa shape index (κ2) is 8.42. The first-order chi connectivity index (χ1) is 17.0. The maximum Gasteiger partial charge on any atom is 0.274 e. The van der Waals surface area contributed by atoms with E-state index in [4.69, 9.17) is 9.26 Å². The molecule has 180 valence electrons. The van der Waals surface area contributed by atoms with Gasteiger partial charge >= 0.3 is 0 Å². The minimum absolute atomic E-state index is 0.137. The van der Waals surface area contributed by atoms with Crippen molar-refractivity contribution in [1.82, 2.24) is 19.5 Å². The number of hydrogen-bond donors (Lipinski definition) is 1. The fourth-order valence-electron chi connectivity index (χ4n) is 4.19. The van der Waals surface area contributed by atoms with Gasteiger partial charge in [-0.25, -0.2) is 13.8 Å². The van der Waals surface area contributed by atoms with Crippen molar-refractivity contribution in [3.63, 3.8) is 0 Å². The number of anilines is 2. The first kappa shape index (κ1) is 21.7. The molecule has 35 heavy (non-hydrogen) atoms. The Hall–Kier alpha value is -3.86. The zero-order chi connectivity index (χ0) is 24.1. The molecule has 4 aromatic rings. The average Bonchev–Trinajstić information content (AvgIpc) is 3.25. The van der Waals surface area contributed by atoms with Crippen molar-refractivity contribution in [3.8, 4) is 11.4 Å². The third-order valence-corrected chi connectivity index (χ3v) is 6.42. The lowest BCUT2D eigenvalue weighted by molar-refractivity contribution is 0.102. The van der Waals surface area contributed by atoms with Crippen LogP contribution in [0.1, 0.15) is 34.3 Å². The van der Waals surface area contributed by atoms with Gasteiger partial charge in [0.1, 0.15) is 23.3 Å². The maximum atomic E-state index is 14.7. The summed E-state index contributed by atoms with van der Waals surface area (Å²) in [6.45, 7) is 4.38. The zero-order valence-electron chi connectivity index (χ0n) is 18.9. The number of alkyl halides is 1. The number of fused-ring (bicyclic) bond motifs is 1. The molecular weight excluding hydrogens is 458 g/mol. The first-order valence-electron chi connectivity index (χ1n) is 11.4. The number of amides is 1. The summed E-state index contributed by atoms with van der Waals surface area (Å²) in [5.41, 5.74) is 2.74. The summed E-state index contributed by atoms with van der Waals surface area (Å²) in [6.07, 6.45) is 2.71. The number of carbonyl (C=O) groups excluding carboxylic acids is 1. The van der Waals surface area contributed by atoms with Gasteiger partial charge in [-0.15, -0.1) is 0 Å². The number of ether oxygens (including phenoxy) is 1. The molecule has 1 aliphatic carbocycles. The van der Waals surface area contributed by atoms with Gasteiger partial charge in [0, 0.05) is 36.1 Å². The van der Waals surface area contributed by atoms with Crippen molar-refractivity contribution < 1.29 is 22.8 Å². The summed E-state index contributed by atoms with van der Waals surface area (Å²) >= 11 is 0. The second-order valence-electron chi connectivity index (χ2n) is 8.76. The Morgan fingerprint density at radius 3 is 2.80 bits per heavy atom. The highest BCUT2D eigenvalue weighted by atomic mass is 19.1. The van der Waals surface area contributed by atoms with Crippen LogP contribution in [-0.4, -0.2) is 57.9 Å². The summed E-state index contributed by atoms with van der Waals surface area (Å²) in [5, 5.41) is 6.64. The molecular formula is C24H22F2N6O3. The third-order valence-electron chi connectivity index (χ3n) is 6.42. The summed E-state index contributed by atoms with van der Waals surface area (Å²) in [4.78, 5) is 23.9. The lowest BCUT2D eigenvalue weighted by Crippen LogP contribution is -2.36. The minimum atomic E-state index is -0.984. The smallest absolute Gasteiger partial charge is 0.274 e. The van der Waals surface area contributed by atoms with E-state index in [2.05, 4.69) is 25.3 Å². The molecule has 1 N–H and O–H groups in total. The van der Waals surface area contributed by atoms with E-state index in [1.54, 1.807) is 17.4 Å². The fourth-order valence-corrected chi connectivity index (χ4v) is 4.19. The number of morpholine rings is 1. The van der Waals surface area contributed by atoms with Crippen LogP contribution >= 0.6 is 0 Å². The molecule has 0 unspecified atom stereocenters. The van der Waals surface area contributed by atoms with Gasteiger partial charge in [-0.2, -0.15) is 4.98 Å². The van der Waals surface area contributed by atoms with Crippen LogP contribution in [-0.2, 0) is 4.74 Å². The predicted octanol–water partition coefficient (Wildman–Crippen LogP) is 3.75. The molecule has 0 radical (unpaired) electrons. The highest BCUT2D eigenvalue weighted by Crippen LogP contribution is 2.43. The molecule has 2 fully saturated rings. The molecule has 6 rings (SSSR count). The number of imidazole rings is 1. The molecule has 1 aromatic carbocycles. The van der Waals surface area contributed by atoms with Crippen molar-refractivity contribution in [1.29, 1.82) is 0 Å². The number of halogens is 2. The van der Waals surface area contributed by atoms with Gasteiger partial charge in [-0.1, -0.05) is 5.16 Å². The van der Waals surface area contributed by atoms with E-state index in [1.807, 2.05) is 18.3 Å². The van der Waals surface area contributed by atoms with Crippen LogP contribution in [0.5, 0.6) is 0 Å². The molecule has 3 aromatic heterocycles. The van der Waals surface area contributed by atoms with Crippen LogP contribution < -0.4 is 10.2 Å². The van der Waals surface area contributed by atoms with E-state index in [0.29, 0.717) is 36.5 Å². The Bertz CT molecular complexity index is 1430. The number of aromatic nitrogens is 4. The molecule has 0 bridgehead atoms. The molecule has 1 aliphatic heterocycles. The molecule has 11 heteroatoms. The third kappa shape index (κ3) is 4.01. The summed E-state index contributed by atoms with van der Waals surface area (Å²) in [6, 6.07) is 6.66. The molecule has 1 saturated heterocycles. The van der Waals surface area contributed by atoms with Crippen molar-refractivity contribution in [2.24, 2.45) is 0 Å². The Kier molecular flexibility index (Phi) is 5.21. The predicted molar refractivity (Wildman–Crippen MR) is 123 cm³/mol. The van der Waals surface area contributed by atoms with Crippen LogP contribution in [0.15, 0.2) is 41.2 Å². The normalized spacial score (nSPS) is 19.8. The topological polar surface area (TPSA) is 97.8 Å². The average molecular weight is 480 g/mol. The quantitative estimate of drug-likeness (QED) is 0.465. The molecule has 0 spiro atoms. The highest BCUT2D eigenvalue weighted by molar-refractivity contribution is 6.04. The number of nitrogens with zero attached hydrogens (tertiary/aromatic N) is 5. The molecule has 1 amide bonds. The Morgan fingerprint density at radius 1 is 1.23 bits per heavy atom. The zero-order valence-corrected chi connectivity index (χ0v) is 18.9. The number of hydrogen-bond acceptors (Lipinski definition) is 7. The SMILES string of the molecule is Cc1c(F)cc(-c2noc([C@@H]3C[C@H]3F)n2)cc1NC(=O)c1cnc2ccc(N3CCOCC3)cn12. The van der Waals surface area contributed by atoms with E-state index >= 15 is 0 Å². The van der Waals surface area contributed by atoms with Gasteiger partial charge in [0.25, 0.3) is 5.91 Å². The van der Waals surface area contributed by atoms with Crippen molar-refractivity contribution in [3.05, 3.63) is 59.6 Å². The number of benzene rings is 1. The number of rotatable bonds is 5. The molecule has 2 atom stereocenters. The number of carbonyl (C=O) groups is 1. The summed E-state index contributed by atoms with van der Waals surface area (Å²) in [7, 11) is 0. The van der Waals surface area contributed by atoms with Gasteiger partial charge in [0.05, 0.1) is 31.0 Å². The van der Waals surface area contributed by atoms with Crippen LogP contribution in [0, 0.1) is 12.7 Å². The monoisotopic (exact) mass is 480 g/mol. The standard InChI is InChI=1S/C24H22F2N6O3/c1-13-17(25)8-14(22-29-24(35-30-22)16-10-18(16)26)9-19(13)28-23(33)20-11-27-21-3-2-15(12-32(20)21)31-4-6-34-7-5-31/h2-3,8-9,11-12,16,18H,4-7,10H2,1H3,(H,28,33)/t16-,18-/m1/s1. The molecule has 1 saturated carbocycles. The summed E-state index contributed by atoms with van der Waals surface area (Å²) < 4.78 is 40.3. The highest BCUT2D eigenvalue weighted by Gasteiger charge is 2.43. The largest absolute Gasteiger partial charge is 0.378 e. The molecule has 9 nitrogen and oxygen atoms in total.